The zero-order chi connectivity index (χ0) is 7.97. The number of fused-ring (bicyclic) bond motifs is 1. The summed E-state index contributed by atoms with van der Waals surface area (Å²) in [5.41, 5.74) is 0. The van der Waals surface area contributed by atoms with Gasteiger partial charge in [0.05, 0.1) is 0 Å². The summed E-state index contributed by atoms with van der Waals surface area (Å²) in [4.78, 5) is 0. The fourth-order valence-corrected chi connectivity index (χ4v) is 3.96. The van der Waals surface area contributed by atoms with E-state index in [-0.39, 0.29) is 6.10 Å². The van der Waals surface area contributed by atoms with Crippen LogP contribution in [0.25, 0.3) is 0 Å². The standard InChI is InChI=1S/C4H4O6P2/c1-2-3(6-11(5-2)7-3)4-8-12(9-4)10-4/h2H,1H3. The molecule has 0 spiro atoms. The van der Waals surface area contributed by atoms with Gasteiger partial charge in [-0.05, 0) is 6.92 Å². The summed E-state index contributed by atoms with van der Waals surface area (Å²) in [5, 5.41) is 0. The van der Waals surface area contributed by atoms with Crippen molar-refractivity contribution in [2.75, 3.05) is 0 Å². The van der Waals surface area contributed by atoms with E-state index in [9.17, 15) is 0 Å². The Morgan fingerprint density at radius 3 is 2.00 bits per heavy atom. The van der Waals surface area contributed by atoms with E-state index in [2.05, 4.69) is 0 Å². The van der Waals surface area contributed by atoms with Gasteiger partial charge in [-0.25, -0.2) is 13.6 Å². The molecular formula is C4H4O6P2. The predicted molar refractivity (Wildman–Crippen MR) is 35.3 cm³/mol. The van der Waals surface area contributed by atoms with Gasteiger partial charge in [-0.1, -0.05) is 0 Å². The quantitative estimate of drug-likeness (QED) is 0.608. The maximum atomic E-state index is 5.35. The molecule has 6 aliphatic heterocycles. The van der Waals surface area contributed by atoms with Gasteiger partial charge in [-0.2, -0.15) is 0 Å². The first-order chi connectivity index (χ1) is 5.74. The zero-order valence-corrected chi connectivity index (χ0v) is 7.71. The van der Waals surface area contributed by atoms with Crippen LogP contribution in [0.4, 0.5) is 0 Å². The van der Waals surface area contributed by atoms with E-state index in [0.29, 0.717) is 0 Å². The predicted octanol–water partition coefficient (Wildman–Crippen LogP) is 1.33. The minimum atomic E-state index is -1.15. The summed E-state index contributed by atoms with van der Waals surface area (Å²) in [6, 6.07) is 0. The first-order valence-electron chi connectivity index (χ1n) is 3.47. The minimum absolute atomic E-state index is 0.193. The number of hydrogen-bond donors (Lipinski definition) is 0. The Labute approximate surface area is 70.0 Å². The molecule has 66 valence electrons. The van der Waals surface area contributed by atoms with Crippen LogP contribution in [0.3, 0.4) is 0 Å². The Hall–Kier alpha value is 0.620. The summed E-state index contributed by atoms with van der Waals surface area (Å²) in [7, 11) is -2.23. The summed E-state index contributed by atoms with van der Waals surface area (Å²) < 4.78 is 31.6. The van der Waals surface area contributed by atoms with Crippen molar-refractivity contribution in [2.45, 2.75) is 24.8 Å². The van der Waals surface area contributed by atoms with E-state index in [4.69, 9.17) is 27.1 Å². The maximum Gasteiger partial charge on any atom is 0.364 e. The lowest BCUT2D eigenvalue weighted by atomic mass is 10.1. The van der Waals surface area contributed by atoms with Crippen LogP contribution in [0.2, 0.25) is 0 Å². The van der Waals surface area contributed by atoms with Crippen molar-refractivity contribution in [3.05, 3.63) is 0 Å². The highest BCUT2D eigenvalue weighted by molar-refractivity contribution is 7.45. The van der Waals surface area contributed by atoms with E-state index in [1.807, 2.05) is 6.92 Å². The topological polar surface area (TPSA) is 55.4 Å². The highest BCUT2D eigenvalue weighted by Crippen LogP contribution is 2.84. The third-order valence-electron chi connectivity index (χ3n) is 2.21. The monoisotopic (exact) mass is 210 g/mol. The Morgan fingerprint density at radius 2 is 1.67 bits per heavy atom. The van der Waals surface area contributed by atoms with Crippen molar-refractivity contribution in [3.8, 4) is 0 Å². The highest BCUT2D eigenvalue weighted by Gasteiger charge is 2.88. The molecule has 0 aliphatic carbocycles. The third-order valence-corrected chi connectivity index (χ3v) is 4.71. The third kappa shape index (κ3) is 0.494. The van der Waals surface area contributed by atoms with Crippen molar-refractivity contribution in [1.29, 1.82) is 0 Å². The van der Waals surface area contributed by atoms with Crippen LogP contribution in [0.5, 0.6) is 0 Å². The van der Waals surface area contributed by atoms with Crippen LogP contribution in [0.1, 0.15) is 6.92 Å². The van der Waals surface area contributed by atoms with Gasteiger partial charge >= 0.3 is 23.2 Å². The summed E-state index contributed by atoms with van der Waals surface area (Å²) >= 11 is 0. The molecule has 6 saturated heterocycles. The van der Waals surface area contributed by atoms with Crippen LogP contribution >= 0.6 is 17.2 Å². The van der Waals surface area contributed by atoms with Crippen molar-refractivity contribution in [1.82, 2.24) is 0 Å². The Bertz CT molecular complexity index is 247. The molecule has 0 saturated carbocycles. The van der Waals surface area contributed by atoms with E-state index in [0.717, 1.165) is 0 Å². The molecular weight excluding hydrogens is 206 g/mol. The van der Waals surface area contributed by atoms with Crippen molar-refractivity contribution >= 4 is 17.2 Å². The molecule has 0 amide bonds. The van der Waals surface area contributed by atoms with Crippen molar-refractivity contribution in [2.24, 2.45) is 0 Å². The second-order valence-electron chi connectivity index (χ2n) is 2.87. The Morgan fingerprint density at radius 1 is 1.00 bits per heavy atom. The average Bonchev–Trinajstić information content (AvgIpc) is 2.09. The molecule has 0 aromatic rings. The first kappa shape index (κ1) is 6.98. The lowest BCUT2D eigenvalue weighted by Gasteiger charge is -2.62. The van der Waals surface area contributed by atoms with E-state index >= 15 is 0 Å². The van der Waals surface area contributed by atoms with Crippen molar-refractivity contribution in [3.63, 3.8) is 0 Å². The molecule has 0 radical (unpaired) electrons. The molecule has 12 heavy (non-hydrogen) atoms. The molecule has 6 rings (SSSR count). The molecule has 6 nitrogen and oxygen atoms in total. The molecule has 0 aromatic heterocycles. The van der Waals surface area contributed by atoms with Gasteiger partial charge in [0, 0.05) is 0 Å². The molecule has 0 aromatic carbocycles. The normalized spacial score (nSPS) is 71.2. The number of hydrogen-bond acceptors (Lipinski definition) is 6. The summed E-state index contributed by atoms with van der Waals surface area (Å²) in [6.07, 6.45) is -0.193. The molecule has 4 bridgehead atoms. The van der Waals surface area contributed by atoms with Gasteiger partial charge in [0.25, 0.3) is 5.79 Å². The fourth-order valence-electron chi connectivity index (χ4n) is 1.48. The van der Waals surface area contributed by atoms with Gasteiger partial charge in [-0.3, -0.25) is 9.05 Å². The van der Waals surface area contributed by atoms with Crippen LogP contribution < -0.4 is 0 Å². The van der Waals surface area contributed by atoms with E-state index in [1.165, 1.54) is 0 Å². The SMILES string of the molecule is CC1OP2OC1(C13OP(O1)O3)O2. The molecule has 1 atom stereocenters. The van der Waals surface area contributed by atoms with Gasteiger partial charge in [0.2, 0.25) is 0 Å². The molecule has 6 aliphatic rings. The minimum Gasteiger partial charge on any atom is -0.303 e. The van der Waals surface area contributed by atoms with Gasteiger partial charge < -0.3 is 4.52 Å². The van der Waals surface area contributed by atoms with E-state index < -0.39 is 29.0 Å². The van der Waals surface area contributed by atoms with Crippen LogP contribution in [-0.2, 0) is 27.1 Å². The van der Waals surface area contributed by atoms with Gasteiger partial charge in [-0.15, -0.1) is 0 Å². The van der Waals surface area contributed by atoms with Gasteiger partial charge in [0.15, 0.2) is 0 Å². The summed E-state index contributed by atoms with van der Waals surface area (Å²) in [6.45, 7) is 1.85. The second-order valence-corrected chi connectivity index (χ2v) is 4.89. The van der Waals surface area contributed by atoms with E-state index in [1.54, 1.807) is 0 Å². The Kier molecular flexibility index (Phi) is 1.000. The molecule has 0 N–H and O–H groups in total. The van der Waals surface area contributed by atoms with Crippen LogP contribution in [0.15, 0.2) is 0 Å². The zero-order valence-electron chi connectivity index (χ0n) is 5.92. The fraction of sp³-hybridized carbons (Fsp3) is 1.00. The molecule has 6 fully saturated rings. The molecule has 6 heterocycles. The summed E-state index contributed by atoms with van der Waals surface area (Å²) in [5.74, 6) is -2.05. The first-order valence-corrected chi connectivity index (χ1v) is 5.66. The maximum absolute atomic E-state index is 5.35. The van der Waals surface area contributed by atoms with Crippen LogP contribution in [0, 0.1) is 0 Å². The largest absolute Gasteiger partial charge is 0.364 e. The second kappa shape index (κ2) is 1.72. The number of rotatable bonds is 1. The van der Waals surface area contributed by atoms with Gasteiger partial charge in [0.1, 0.15) is 6.10 Å². The van der Waals surface area contributed by atoms with Crippen LogP contribution in [-0.4, -0.2) is 17.9 Å². The van der Waals surface area contributed by atoms with Crippen molar-refractivity contribution < 1.29 is 27.1 Å². The molecule has 1 unspecified atom stereocenters. The lowest BCUT2D eigenvalue weighted by molar-refractivity contribution is -0.510. The average molecular weight is 210 g/mol. The molecule has 8 heteroatoms. The smallest absolute Gasteiger partial charge is 0.303 e. The Balaban J connectivity index is 1.74. The lowest BCUT2D eigenvalue weighted by Crippen LogP contribution is -2.74. The highest BCUT2D eigenvalue weighted by atomic mass is 31.2.